The lowest BCUT2D eigenvalue weighted by molar-refractivity contribution is 0.0344. The second-order valence-corrected chi connectivity index (χ2v) is 4.05. The zero-order valence-electron chi connectivity index (χ0n) is 9.18. The van der Waals surface area contributed by atoms with Crippen molar-refractivity contribution in [2.45, 2.75) is 26.0 Å². The van der Waals surface area contributed by atoms with E-state index in [2.05, 4.69) is 23.7 Å². The van der Waals surface area contributed by atoms with Gasteiger partial charge in [0, 0.05) is 18.8 Å². The number of hydrogen-bond acceptors (Lipinski definition) is 4. The summed E-state index contributed by atoms with van der Waals surface area (Å²) in [7, 11) is 0. The minimum absolute atomic E-state index is 0.251. The molecule has 1 aliphatic heterocycles. The summed E-state index contributed by atoms with van der Waals surface area (Å²) in [4.78, 5) is 6.37. The van der Waals surface area contributed by atoms with Crippen LogP contribution in [0.4, 0.5) is 11.5 Å². The van der Waals surface area contributed by atoms with Gasteiger partial charge in [-0.15, -0.1) is 0 Å². The highest BCUT2D eigenvalue weighted by molar-refractivity contribution is 5.63. The molecule has 2 unspecified atom stereocenters. The Hall–Kier alpha value is -1.29. The summed E-state index contributed by atoms with van der Waals surface area (Å²) in [6.07, 6.45) is 1.97. The molecule has 4 heteroatoms. The quantitative estimate of drug-likeness (QED) is 0.753. The lowest BCUT2D eigenvalue weighted by Gasteiger charge is -2.38. The first-order chi connectivity index (χ1) is 7.18. The Balaban J connectivity index is 2.25. The summed E-state index contributed by atoms with van der Waals surface area (Å²) in [5, 5.41) is 0. The second kappa shape index (κ2) is 4.06. The normalized spacial score (nSPS) is 26.7. The van der Waals surface area contributed by atoms with Gasteiger partial charge in [-0.25, -0.2) is 4.98 Å². The van der Waals surface area contributed by atoms with E-state index in [1.807, 2.05) is 12.1 Å². The van der Waals surface area contributed by atoms with Crippen molar-refractivity contribution < 1.29 is 4.74 Å². The summed E-state index contributed by atoms with van der Waals surface area (Å²) >= 11 is 0. The van der Waals surface area contributed by atoms with Crippen LogP contribution in [0.5, 0.6) is 0 Å². The molecule has 0 spiro atoms. The SMILES string of the molecule is CC1CN(c2cccnc2N)C(C)CO1. The van der Waals surface area contributed by atoms with Crippen LogP contribution in [-0.2, 0) is 4.74 Å². The van der Waals surface area contributed by atoms with Gasteiger partial charge in [0.25, 0.3) is 0 Å². The lowest BCUT2D eigenvalue weighted by Crippen LogP contribution is -2.47. The van der Waals surface area contributed by atoms with Gasteiger partial charge in [0.1, 0.15) is 5.82 Å². The first-order valence-corrected chi connectivity index (χ1v) is 5.27. The van der Waals surface area contributed by atoms with Crippen molar-refractivity contribution in [2.24, 2.45) is 0 Å². The molecule has 2 heterocycles. The van der Waals surface area contributed by atoms with Crippen molar-refractivity contribution in [2.75, 3.05) is 23.8 Å². The molecule has 1 fully saturated rings. The summed E-state index contributed by atoms with van der Waals surface area (Å²) in [6, 6.07) is 4.28. The third kappa shape index (κ3) is 2.04. The maximum atomic E-state index is 5.87. The number of nitrogens with two attached hydrogens (primary N) is 1. The molecule has 0 bridgehead atoms. The summed E-state index contributed by atoms with van der Waals surface area (Å²) in [5.41, 5.74) is 6.88. The molecule has 0 aromatic carbocycles. The number of pyridine rings is 1. The van der Waals surface area contributed by atoms with Gasteiger partial charge in [0.15, 0.2) is 0 Å². The Kier molecular flexibility index (Phi) is 2.77. The van der Waals surface area contributed by atoms with Crippen LogP contribution >= 0.6 is 0 Å². The second-order valence-electron chi connectivity index (χ2n) is 4.05. The molecular formula is C11H17N3O. The Morgan fingerprint density at radius 1 is 1.53 bits per heavy atom. The van der Waals surface area contributed by atoms with E-state index in [9.17, 15) is 0 Å². The average molecular weight is 207 g/mol. The van der Waals surface area contributed by atoms with Gasteiger partial charge in [-0.1, -0.05) is 0 Å². The van der Waals surface area contributed by atoms with Crippen LogP contribution in [0.3, 0.4) is 0 Å². The van der Waals surface area contributed by atoms with E-state index in [-0.39, 0.29) is 6.10 Å². The molecule has 0 amide bonds. The number of aromatic nitrogens is 1. The van der Waals surface area contributed by atoms with Crippen LogP contribution in [0.1, 0.15) is 13.8 Å². The number of morpholine rings is 1. The van der Waals surface area contributed by atoms with Crippen LogP contribution in [-0.4, -0.2) is 30.3 Å². The van der Waals surface area contributed by atoms with Crippen molar-refractivity contribution in [3.63, 3.8) is 0 Å². The van der Waals surface area contributed by atoms with Crippen molar-refractivity contribution in [1.29, 1.82) is 0 Å². The highest BCUT2D eigenvalue weighted by atomic mass is 16.5. The predicted molar refractivity (Wildman–Crippen MR) is 60.9 cm³/mol. The summed E-state index contributed by atoms with van der Waals surface area (Å²) < 4.78 is 5.58. The summed E-state index contributed by atoms with van der Waals surface area (Å²) in [5.74, 6) is 0.596. The number of rotatable bonds is 1. The van der Waals surface area contributed by atoms with E-state index < -0.39 is 0 Å². The van der Waals surface area contributed by atoms with Gasteiger partial charge in [-0.2, -0.15) is 0 Å². The zero-order chi connectivity index (χ0) is 10.8. The van der Waals surface area contributed by atoms with Crippen LogP contribution in [0.15, 0.2) is 18.3 Å². The molecule has 0 saturated carbocycles. The maximum absolute atomic E-state index is 5.87. The molecule has 1 aromatic rings. The topological polar surface area (TPSA) is 51.4 Å². The van der Waals surface area contributed by atoms with Crippen molar-refractivity contribution in [3.05, 3.63) is 18.3 Å². The number of hydrogen-bond donors (Lipinski definition) is 1. The average Bonchev–Trinajstić information content (AvgIpc) is 2.23. The van der Waals surface area contributed by atoms with E-state index in [0.29, 0.717) is 11.9 Å². The van der Waals surface area contributed by atoms with E-state index in [0.717, 1.165) is 18.8 Å². The molecule has 82 valence electrons. The van der Waals surface area contributed by atoms with Crippen LogP contribution in [0, 0.1) is 0 Å². The number of ether oxygens (including phenoxy) is 1. The Morgan fingerprint density at radius 2 is 2.33 bits per heavy atom. The Labute approximate surface area is 90.0 Å². The van der Waals surface area contributed by atoms with Crippen LogP contribution in [0.25, 0.3) is 0 Å². The van der Waals surface area contributed by atoms with Gasteiger partial charge in [-0.3, -0.25) is 0 Å². The van der Waals surface area contributed by atoms with Gasteiger partial charge < -0.3 is 15.4 Å². The van der Waals surface area contributed by atoms with Crippen molar-refractivity contribution in [1.82, 2.24) is 4.98 Å². The van der Waals surface area contributed by atoms with E-state index in [1.54, 1.807) is 6.20 Å². The molecule has 4 nitrogen and oxygen atoms in total. The largest absolute Gasteiger partial charge is 0.382 e. The Morgan fingerprint density at radius 3 is 3.07 bits per heavy atom. The van der Waals surface area contributed by atoms with Gasteiger partial charge in [0.2, 0.25) is 0 Å². The van der Waals surface area contributed by atoms with Gasteiger partial charge in [0.05, 0.1) is 18.4 Å². The molecule has 2 N–H and O–H groups in total. The van der Waals surface area contributed by atoms with Gasteiger partial charge >= 0.3 is 0 Å². The first-order valence-electron chi connectivity index (χ1n) is 5.27. The van der Waals surface area contributed by atoms with Gasteiger partial charge in [-0.05, 0) is 26.0 Å². The van der Waals surface area contributed by atoms with Crippen molar-refractivity contribution >= 4 is 11.5 Å². The molecule has 0 radical (unpaired) electrons. The fourth-order valence-electron chi connectivity index (χ4n) is 1.89. The number of nitrogens with zero attached hydrogens (tertiary/aromatic N) is 2. The summed E-state index contributed by atoms with van der Waals surface area (Å²) in [6.45, 7) is 5.83. The molecule has 1 saturated heterocycles. The zero-order valence-corrected chi connectivity index (χ0v) is 9.18. The molecule has 1 aliphatic rings. The number of anilines is 2. The third-order valence-corrected chi connectivity index (χ3v) is 2.73. The first kappa shape index (κ1) is 10.2. The highest BCUT2D eigenvalue weighted by Gasteiger charge is 2.24. The molecule has 1 aromatic heterocycles. The molecule has 15 heavy (non-hydrogen) atoms. The van der Waals surface area contributed by atoms with E-state index in [1.165, 1.54) is 0 Å². The minimum atomic E-state index is 0.251. The smallest absolute Gasteiger partial charge is 0.146 e. The minimum Gasteiger partial charge on any atom is -0.382 e. The Bertz CT molecular complexity index is 342. The molecular weight excluding hydrogens is 190 g/mol. The fraction of sp³-hybridized carbons (Fsp3) is 0.545. The van der Waals surface area contributed by atoms with Crippen molar-refractivity contribution in [3.8, 4) is 0 Å². The standard InChI is InChI=1S/C11H17N3O/c1-8-7-15-9(2)6-14(8)10-4-3-5-13-11(10)12/h3-5,8-9H,6-7H2,1-2H3,(H2,12,13). The molecule has 2 rings (SSSR count). The fourth-order valence-corrected chi connectivity index (χ4v) is 1.89. The maximum Gasteiger partial charge on any atom is 0.146 e. The number of nitrogen functional groups attached to an aromatic ring is 1. The highest BCUT2D eigenvalue weighted by Crippen LogP contribution is 2.25. The van der Waals surface area contributed by atoms with E-state index in [4.69, 9.17) is 10.5 Å². The van der Waals surface area contributed by atoms with Crippen LogP contribution in [0.2, 0.25) is 0 Å². The monoisotopic (exact) mass is 207 g/mol. The van der Waals surface area contributed by atoms with Crippen LogP contribution < -0.4 is 10.6 Å². The predicted octanol–water partition coefficient (Wildman–Crippen LogP) is 1.28. The molecule has 0 aliphatic carbocycles. The lowest BCUT2D eigenvalue weighted by atomic mass is 10.2. The molecule has 2 atom stereocenters. The van der Waals surface area contributed by atoms with E-state index >= 15 is 0 Å². The third-order valence-electron chi connectivity index (χ3n) is 2.73.